The molecular formula is C23H24F2N4O2. The molecule has 1 aromatic heterocycles. The number of piperazine rings is 1. The molecule has 31 heavy (non-hydrogen) atoms. The summed E-state index contributed by atoms with van der Waals surface area (Å²) in [5, 5.41) is 4.82. The number of rotatable bonds is 4. The summed E-state index contributed by atoms with van der Waals surface area (Å²) in [4.78, 5) is 17.7. The number of aromatic nitrogens is 1. The standard InChI is InChI=1S/C23H24F2N4O2/c1-15(30)29-9-7-18-20(29)4-2-16(22(18)25)6-8-27-10-12-28(13-11-27)23-19-14-17(24)3-5-21(19)31-26-23/h2-5,14H,6-13H2,1H3. The van der Waals surface area contributed by atoms with Crippen LogP contribution in [-0.2, 0) is 17.6 Å². The molecule has 5 rings (SSSR count). The highest BCUT2D eigenvalue weighted by Crippen LogP contribution is 2.32. The topological polar surface area (TPSA) is 52.8 Å². The molecule has 0 aliphatic carbocycles. The molecule has 0 spiro atoms. The minimum Gasteiger partial charge on any atom is -0.354 e. The largest absolute Gasteiger partial charge is 0.354 e. The predicted molar refractivity (Wildman–Crippen MR) is 114 cm³/mol. The molecule has 0 N–H and O–H groups in total. The van der Waals surface area contributed by atoms with Crippen molar-refractivity contribution in [3.63, 3.8) is 0 Å². The molecule has 6 nitrogen and oxygen atoms in total. The quantitative estimate of drug-likeness (QED) is 0.640. The lowest BCUT2D eigenvalue weighted by molar-refractivity contribution is -0.116. The molecule has 162 valence electrons. The number of hydrogen-bond donors (Lipinski definition) is 0. The van der Waals surface area contributed by atoms with Crippen LogP contribution in [0.4, 0.5) is 20.3 Å². The van der Waals surface area contributed by atoms with Gasteiger partial charge in [0.1, 0.15) is 11.6 Å². The van der Waals surface area contributed by atoms with Gasteiger partial charge >= 0.3 is 0 Å². The fraction of sp³-hybridized carbons (Fsp3) is 0.391. The minimum absolute atomic E-state index is 0.0496. The van der Waals surface area contributed by atoms with E-state index < -0.39 is 0 Å². The lowest BCUT2D eigenvalue weighted by Crippen LogP contribution is -2.47. The van der Waals surface area contributed by atoms with Gasteiger partial charge in [-0.1, -0.05) is 11.2 Å². The van der Waals surface area contributed by atoms with Gasteiger partial charge < -0.3 is 14.3 Å². The van der Waals surface area contributed by atoms with Crippen LogP contribution in [0.15, 0.2) is 34.9 Å². The summed E-state index contributed by atoms with van der Waals surface area (Å²) in [6, 6.07) is 8.09. The average Bonchev–Trinajstić information content (AvgIpc) is 3.38. The van der Waals surface area contributed by atoms with Crippen molar-refractivity contribution in [1.82, 2.24) is 10.1 Å². The summed E-state index contributed by atoms with van der Waals surface area (Å²) in [5.41, 5.74) is 2.64. The lowest BCUT2D eigenvalue weighted by atomic mass is 10.0. The van der Waals surface area contributed by atoms with Crippen molar-refractivity contribution in [3.05, 3.63) is 53.1 Å². The van der Waals surface area contributed by atoms with Crippen LogP contribution in [0, 0.1) is 11.6 Å². The van der Waals surface area contributed by atoms with Gasteiger partial charge in [-0.3, -0.25) is 9.69 Å². The first-order valence-electron chi connectivity index (χ1n) is 10.6. The monoisotopic (exact) mass is 426 g/mol. The third-order valence-electron chi connectivity index (χ3n) is 6.34. The van der Waals surface area contributed by atoms with Crippen molar-refractivity contribution in [2.75, 3.05) is 49.1 Å². The number of nitrogens with zero attached hydrogens (tertiary/aromatic N) is 4. The second-order valence-electron chi connectivity index (χ2n) is 8.18. The van der Waals surface area contributed by atoms with E-state index in [4.69, 9.17) is 4.52 Å². The second-order valence-corrected chi connectivity index (χ2v) is 8.18. The van der Waals surface area contributed by atoms with Crippen molar-refractivity contribution < 1.29 is 18.1 Å². The van der Waals surface area contributed by atoms with Crippen molar-refractivity contribution in [2.24, 2.45) is 0 Å². The van der Waals surface area contributed by atoms with Gasteiger partial charge in [-0.2, -0.15) is 0 Å². The maximum Gasteiger partial charge on any atom is 0.223 e. The molecule has 8 heteroatoms. The maximum absolute atomic E-state index is 15.0. The molecule has 1 fully saturated rings. The molecule has 0 unspecified atom stereocenters. The fourth-order valence-corrected chi connectivity index (χ4v) is 4.60. The molecule has 1 amide bonds. The summed E-state index contributed by atoms with van der Waals surface area (Å²) in [6.45, 7) is 5.94. The summed E-state index contributed by atoms with van der Waals surface area (Å²) >= 11 is 0. The van der Waals surface area contributed by atoms with Crippen LogP contribution in [-0.4, -0.2) is 55.2 Å². The molecule has 0 saturated carbocycles. The lowest BCUT2D eigenvalue weighted by Gasteiger charge is -2.34. The van der Waals surface area contributed by atoms with Crippen LogP contribution >= 0.6 is 0 Å². The van der Waals surface area contributed by atoms with Gasteiger partial charge in [-0.25, -0.2) is 8.78 Å². The van der Waals surface area contributed by atoms with E-state index in [9.17, 15) is 13.6 Å². The summed E-state index contributed by atoms with van der Waals surface area (Å²) in [5.74, 6) is 0.148. The van der Waals surface area contributed by atoms with Gasteiger partial charge in [0.15, 0.2) is 11.4 Å². The third kappa shape index (κ3) is 3.65. The van der Waals surface area contributed by atoms with Crippen molar-refractivity contribution in [2.45, 2.75) is 19.8 Å². The van der Waals surface area contributed by atoms with E-state index in [1.54, 1.807) is 11.0 Å². The van der Waals surface area contributed by atoms with Crippen LogP contribution in [0.3, 0.4) is 0 Å². The second kappa shape index (κ2) is 7.92. The molecular weight excluding hydrogens is 402 g/mol. The third-order valence-corrected chi connectivity index (χ3v) is 6.34. The smallest absolute Gasteiger partial charge is 0.223 e. The maximum atomic E-state index is 15.0. The first kappa shape index (κ1) is 19.9. The molecule has 1 saturated heterocycles. The van der Waals surface area contributed by atoms with E-state index in [0.29, 0.717) is 53.0 Å². The van der Waals surface area contributed by atoms with E-state index >= 15 is 0 Å². The highest BCUT2D eigenvalue weighted by Gasteiger charge is 2.27. The van der Waals surface area contributed by atoms with E-state index in [2.05, 4.69) is 15.0 Å². The molecule has 2 aromatic carbocycles. The Morgan fingerprint density at radius 1 is 1.10 bits per heavy atom. The normalized spacial score (nSPS) is 16.9. The number of amides is 1. The number of benzene rings is 2. The number of anilines is 2. The molecule has 3 aromatic rings. The molecule has 0 bridgehead atoms. The van der Waals surface area contributed by atoms with Crippen molar-refractivity contribution >= 4 is 28.4 Å². The van der Waals surface area contributed by atoms with E-state index in [1.807, 2.05) is 12.1 Å². The molecule has 0 atom stereocenters. The number of carbonyl (C=O) groups is 1. The van der Waals surface area contributed by atoms with Gasteiger partial charge in [0.2, 0.25) is 5.91 Å². The SMILES string of the molecule is CC(=O)N1CCc2c1ccc(CCN1CCN(c3noc4ccc(F)cc34)CC1)c2F. The fourth-order valence-electron chi connectivity index (χ4n) is 4.60. The highest BCUT2D eigenvalue weighted by atomic mass is 19.1. The zero-order chi connectivity index (χ0) is 21.5. The van der Waals surface area contributed by atoms with Crippen LogP contribution < -0.4 is 9.80 Å². The van der Waals surface area contributed by atoms with Gasteiger partial charge in [-0.05, 0) is 42.7 Å². The first-order valence-corrected chi connectivity index (χ1v) is 10.6. The van der Waals surface area contributed by atoms with Crippen LogP contribution in [0.5, 0.6) is 0 Å². The Bertz CT molecular complexity index is 1140. The molecule has 3 heterocycles. The molecule has 2 aliphatic rings. The summed E-state index contributed by atoms with van der Waals surface area (Å²) in [6.07, 6.45) is 1.19. The number of fused-ring (bicyclic) bond motifs is 2. The van der Waals surface area contributed by atoms with Gasteiger partial charge in [0.05, 0.1) is 5.39 Å². The average molecular weight is 426 g/mol. The number of halogens is 2. The van der Waals surface area contributed by atoms with E-state index in [1.165, 1.54) is 19.1 Å². The van der Waals surface area contributed by atoms with Gasteiger partial charge in [-0.15, -0.1) is 0 Å². The van der Waals surface area contributed by atoms with Gasteiger partial charge in [0, 0.05) is 57.4 Å². The van der Waals surface area contributed by atoms with Crippen LogP contribution in [0.25, 0.3) is 11.0 Å². The zero-order valence-electron chi connectivity index (χ0n) is 17.4. The van der Waals surface area contributed by atoms with Gasteiger partial charge in [0.25, 0.3) is 0 Å². The zero-order valence-corrected chi connectivity index (χ0v) is 17.4. The van der Waals surface area contributed by atoms with Crippen LogP contribution in [0.1, 0.15) is 18.1 Å². The van der Waals surface area contributed by atoms with Crippen molar-refractivity contribution in [3.8, 4) is 0 Å². The summed E-state index contributed by atoms with van der Waals surface area (Å²) < 4.78 is 33.9. The Hall–Kier alpha value is -3.00. The number of carbonyl (C=O) groups excluding carboxylic acids is 1. The molecule has 2 aliphatic heterocycles. The van der Waals surface area contributed by atoms with Crippen molar-refractivity contribution in [1.29, 1.82) is 0 Å². The Morgan fingerprint density at radius 3 is 2.68 bits per heavy atom. The Labute approximate surface area is 179 Å². The Balaban J connectivity index is 1.21. The van der Waals surface area contributed by atoms with E-state index in [0.717, 1.165) is 32.7 Å². The Kier molecular flexibility index (Phi) is 5.09. The minimum atomic E-state index is -0.307. The number of hydrogen-bond acceptors (Lipinski definition) is 5. The first-order chi connectivity index (χ1) is 15.0. The Morgan fingerprint density at radius 2 is 1.90 bits per heavy atom. The predicted octanol–water partition coefficient (Wildman–Crippen LogP) is 3.38. The van der Waals surface area contributed by atoms with Crippen LogP contribution in [0.2, 0.25) is 0 Å². The summed E-state index contributed by atoms with van der Waals surface area (Å²) in [7, 11) is 0. The molecule has 0 radical (unpaired) electrons. The van der Waals surface area contributed by atoms with E-state index in [-0.39, 0.29) is 17.5 Å². The highest BCUT2D eigenvalue weighted by molar-refractivity contribution is 5.93.